The summed E-state index contributed by atoms with van der Waals surface area (Å²) in [7, 11) is 1.96. The molecule has 6 nitrogen and oxygen atoms in total. The average Bonchev–Trinajstić information content (AvgIpc) is 3.33. The summed E-state index contributed by atoms with van der Waals surface area (Å²) in [6.07, 6.45) is 0.470. The molecular formula is C18H20N4O2S. The van der Waals surface area contributed by atoms with Crippen LogP contribution in [0.25, 0.3) is 11.0 Å². The van der Waals surface area contributed by atoms with Gasteiger partial charge in [-0.3, -0.25) is 4.79 Å². The molecule has 2 aromatic heterocycles. The van der Waals surface area contributed by atoms with Crippen LogP contribution in [-0.4, -0.2) is 39.8 Å². The molecule has 0 bridgehead atoms. The summed E-state index contributed by atoms with van der Waals surface area (Å²) in [5, 5.41) is 16.7. The Morgan fingerprint density at radius 2 is 2.32 bits per heavy atom. The van der Waals surface area contributed by atoms with Crippen LogP contribution in [0.3, 0.4) is 0 Å². The molecule has 1 aromatic carbocycles. The second kappa shape index (κ2) is 6.50. The van der Waals surface area contributed by atoms with Gasteiger partial charge in [0.2, 0.25) is 5.95 Å². The van der Waals surface area contributed by atoms with E-state index in [2.05, 4.69) is 15.2 Å². The third-order valence-corrected chi connectivity index (χ3v) is 5.33. The predicted molar refractivity (Wildman–Crippen MR) is 99.0 cm³/mol. The van der Waals surface area contributed by atoms with E-state index in [9.17, 15) is 9.90 Å². The number of imidazole rings is 1. The molecule has 1 atom stereocenters. The van der Waals surface area contributed by atoms with E-state index in [-0.39, 0.29) is 12.0 Å². The number of thiophene rings is 1. The van der Waals surface area contributed by atoms with Gasteiger partial charge in [-0.15, -0.1) is 0 Å². The van der Waals surface area contributed by atoms with Crippen LogP contribution in [-0.2, 0) is 13.6 Å². The van der Waals surface area contributed by atoms with Crippen molar-refractivity contribution < 1.29 is 9.90 Å². The molecule has 0 unspecified atom stereocenters. The lowest BCUT2D eigenvalue weighted by Gasteiger charge is -2.16. The Bertz CT molecular complexity index is 903. The molecular weight excluding hydrogens is 336 g/mol. The van der Waals surface area contributed by atoms with Crippen LogP contribution in [0.2, 0.25) is 0 Å². The number of aliphatic hydroxyl groups is 1. The molecule has 0 aliphatic carbocycles. The fraction of sp³-hybridized carbons (Fsp3) is 0.333. The van der Waals surface area contributed by atoms with Crippen LogP contribution in [0.1, 0.15) is 22.3 Å². The van der Waals surface area contributed by atoms with Gasteiger partial charge < -0.3 is 19.9 Å². The maximum absolute atomic E-state index is 12.4. The van der Waals surface area contributed by atoms with Crippen LogP contribution in [0.15, 0.2) is 35.0 Å². The molecule has 1 aliphatic heterocycles. The monoisotopic (exact) mass is 356 g/mol. The van der Waals surface area contributed by atoms with Crippen LogP contribution < -0.4 is 10.2 Å². The number of hydrogen-bond acceptors (Lipinski definition) is 5. The molecule has 1 aliphatic rings. The highest BCUT2D eigenvalue weighted by Crippen LogP contribution is 2.25. The van der Waals surface area contributed by atoms with Gasteiger partial charge in [0.05, 0.1) is 17.1 Å². The zero-order valence-corrected chi connectivity index (χ0v) is 14.8. The number of aliphatic hydroxyl groups excluding tert-OH is 1. The van der Waals surface area contributed by atoms with Crippen LogP contribution in [0, 0.1) is 0 Å². The van der Waals surface area contributed by atoms with E-state index in [1.54, 1.807) is 11.3 Å². The number of aryl methyl sites for hydroxylation is 1. The number of nitrogens with zero attached hydrogens (tertiary/aromatic N) is 3. The lowest BCUT2D eigenvalue weighted by Crippen LogP contribution is -2.24. The SMILES string of the molecule is Cn1c(N2CC[C@H](O)C2)nc2cc(C(=O)NCc3ccsc3)ccc21. The Hall–Kier alpha value is -2.38. The number of β-amino-alcohol motifs (C(OH)–C–C–N with tert-alkyl or cyclic N) is 1. The molecule has 2 N–H and O–H groups in total. The van der Waals surface area contributed by atoms with E-state index in [0.29, 0.717) is 18.7 Å². The van der Waals surface area contributed by atoms with Gasteiger partial charge >= 0.3 is 0 Å². The summed E-state index contributed by atoms with van der Waals surface area (Å²) in [5.41, 5.74) is 3.48. The molecule has 1 fully saturated rings. The minimum absolute atomic E-state index is 0.100. The highest BCUT2D eigenvalue weighted by atomic mass is 32.1. The fourth-order valence-corrected chi connectivity index (χ4v) is 3.88. The Labute approximate surface area is 149 Å². The minimum Gasteiger partial charge on any atom is -0.391 e. The van der Waals surface area contributed by atoms with E-state index in [0.717, 1.165) is 35.5 Å². The maximum Gasteiger partial charge on any atom is 0.251 e. The molecule has 3 heterocycles. The number of aromatic nitrogens is 2. The quantitative estimate of drug-likeness (QED) is 0.751. The van der Waals surface area contributed by atoms with Crippen molar-refractivity contribution in [2.45, 2.75) is 19.1 Å². The Balaban J connectivity index is 1.56. The van der Waals surface area contributed by atoms with Gasteiger partial charge in [0.25, 0.3) is 5.91 Å². The van der Waals surface area contributed by atoms with Crippen molar-refractivity contribution in [3.63, 3.8) is 0 Å². The number of benzene rings is 1. The van der Waals surface area contributed by atoms with E-state index < -0.39 is 0 Å². The zero-order valence-electron chi connectivity index (χ0n) is 14.0. The minimum atomic E-state index is -0.293. The van der Waals surface area contributed by atoms with Crippen LogP contribution in [0.5, 0.6) is 0 Å². The average molecular weight is 356 g/mol. The van der Waals surface area contributed by atoms with Crippen molar-refractivity contribution in [3.05, 3.63) is 46.2 Å². The van der Waals surface area contributed by atoms with E-state index >= 15 is 0 Å². The van der Waals surface area contributed by atoms with Crippen molar-refractivity contribution in [2.24, 2.45) is 7.05 Å². The predicted octanol–water partition coefficient (Wildman–Crippen LogP) is 2.14. The maximum atomic E-state index is 12.4. The summed E-state index contributed by atoms with van der Waals surface area (Å²) >= 11 is 1.62. The number of rotatable bonds is 4. The zero-order chi connectivity index (χ0) is 17.4. The molecule has 0 spiro atoms. The third kappa shape index (κ3) is 3.12. The number of nitrogens with one attached hydrogen (secondary N) is 1. The second-order valence-electron chi connectivity index (χ2n) is 6.38. The van der Waals surface area contributed by atoms with Crippen molar-refractivity contribution >= 4 is 34.2 Å². The Morgan fingerprint density at radius 3 is 3.04 bits per heavy atom. The smallest absolute Gasteiger partial charge is 0.251 e. The first-order valence-electron chi connectivity index (χ1n) is 8.30. The molecule has 4 rings (SSSR count). The van der Waals surface area contributed by atoms with Crippen molar-refractivity contribution in [2.75, 3.05) is 18.0 Å². The van der Waals surface area contributed by atoms with Crippen molar-refractivity contribution in [3.8, 4) is 0 Å². The van der Waals surface area contributed by atoms with Gasteiger partial charge in [-0.2, -0.15) is 11.3 Å². The number of amides is 1. The Morgan fingerprint density at radius 1 is 1.44 bits per heavy atom. The summed E-state index contributed by atoms with van der Waals surface area (Å²) in [4.78, 5) is 19.2. The van der Waals surface area contributed by atoms with Gasteiger partial charge in [-0.25, -0.2) is 4.98 Å². The molecule has 25 heavy (non-hydrogen) atoms. The number of carbonyl (C=O) groups is 1. The van der Waals surface area contributed by atoms with Gasteiger partial charge in [0, 0.05) is 32.2 Å². The third-order valence-electron chi connectivity index (χ3n) is 4.60. The highest BCUT2D eigenvalue weighted by molar-refractivity contribution is 7.07. The molecule has 1 saturated heterocycles. The number of hydrogen-bond donors (Lipinski definition) is 2. The number of anilines is 1. The van der Waals surface area contributed by atoms with Gasteiger partial charge in [-0.05, 0) is 47.0 Å². The first kappa shape index (κ1) is 16.1. The van der Waals surface area contributed by atoms with E-state index in [4.69, 9.17) is 0 Å². The summed E-state index contributed by atoms with van der Waals surface area (Å²) in [5.74, 6) is 0.735. The largest absolute Gasteiger partial charge is 0.391 e. The normalized spacial score (nSPS) is 17.4. The number of carbonyl (C=O) groups excluding carboxylic acids is 1. The van der Waals surface area contributed by atoms with Gasteiger partial charge in [0.1, 0.15) is 0 Å². The van der Waals surface area contributed by atoms with Gasteiger partial charge in [-0.1, -0.05) is 0 Å². The van der Waals surface area contributed by atoms with E-state index in [1.807, 2.05) is 46.6 Å². The van der Waals surface area contributed by atoms with Crippen molar-refractivity contribution in [1.29, 1.82) is 0 Å². The summed E-state index contributed by atoms with van der Waals surface area (Å²) in [6.45, 7) is 1.93. The molecule has 3 aromatic rings. The van der Waals surface area contributed by atoms with Crippen LogP contribution in [0.4, 0.5) is 5.95 Å². The molecule has 0 saturated carbocycles. The standard InChI is InChI=1S/C18H20N4O2S/c1-21-16-3-2-13(17(24)19-9-12-5-7-25-11-12)8-15(16)20-18(21)22-6-4-14(23)10-22/h2-3,5,7-8,11,14,23H,4,6,9-10H2,1H3,(H,19,24)/t14-/m0/s1. The van der Waals surface area contributed by atoms with E-state index in [1.165, 1.54) is 0 Å². The highest BCUT2D eigenvalue weighted by Gasteiger charge is 2.24. The lowest BCUT2D eigenvalue weighted by atomic mass is 10.2. The lowest BCUT2D eigenvalue weighted by molar-refractivity contribution is 0.0951. The van der Waals surface area contributed by atoms with Gasteiger partial charge in [0.15, 0.2) is 0 Å². The van der Waals surface area contributed by atoms with Crippen molar-refractivity contribution in [1.82, 2.24) is 14.9 Å². The first-order chi connectivity index (χ1) is 12.1. The van der Waals surface area contributed by atoms with Crippen LogP contribution >= 0.6 is 11.3 Å². The number of fused-ring (bicyclic) bond motifs is 1. The molecule has 7 heteroatoms. The second-order valence-corrected chi connectivity index (χ2v) is 7.16. The topological polar surface area (TPSA) is 70.4 Å². The summed E-state index contributed by atoms with van der Waals surface area (Å²) < 4.78 is 2.01. The molecule has 130 valence electrons. The fourth-order valence-electron chi connectivity index (χ4n) is 3.21. The molecule has 0 radical (unpaired) electrons. The molecule has 1 amide bonds. The Kier molecular flexibility index (Phi) is 4.19. The first-order valence-corrected chi connectivity index (χ1v) is 9.25. The summed E-state index contributed by atoms with van der Waals surface area (Å²) in [6, 6.07) is 7.59.